The minimum Gasteiger partial charge on any atom is -0.360 e. The van der Waals surface area contributed by atoms with E-state index in [0.717, 1.165) is 51.9 Å². The third kappa shape index (κ3) is 4.05. The Morgan fingerprint density at radius 3 is 2.73 bits per heavy atom. The molecule has 2 aromatic carbocycles. The molecule has 132 valence electrons. The number of imidazole rings is 1. The second kappa shape index (κ2) is 7.61. The summed E-state index contributed by atoms with van der Waals surface area (Å²) in [6.07, 6.45) is 2.49. The molecule has 0 aliphatic carbocycles. The third-order valence-electron chi connectivity index (χ3n) is 4.04. The van der Waals surface area contributed by atoms with Crippen LogP contribution in [0.1, 0.15) is 22.8 Å². The van der Waals surface area contributed by atoms with Crippen molar-refractivity contribution in [3.63, 3.8) is 0 Å². The summed E-state index contributed by atoms with van der Waals surface area (Å²) >= 11 is 1.53. The number of aryl methyl sites for hydroxylation is 1. The van der Waals surface area contributed by atoms with Crippen molar-refractivity contribution in [2.24, 2.45) is 0 Å². The fourth-order valence-electron chi connectivity index (χ4n) is 2.75. The highest BCUT2D eigenvalue weighted by atomic mass is 32.1. The van der Waals surface area contributed by atoms with Gasteiger partial charge in [-0.3, -0.25) is 0 Å². The average molecular weight is 367 g/mol. The van der Waals surface area contributed by atoms with E-state index in [0.29, 0.717) is 6.42 Å². The van der Waals surface area contributed by atoms with E-state index in [2.05, 4.69) is 25.5 Å². The Morgan fingerprint density at radius 1 is 1.04 bits per heavy atom. The van der Waals surface area contributed by atoms with Crippen molar-refractivity contribution in [2.45, 2.75) is 19.3 Å². The zero-order valence-corrected chi connectivity index (χ0v) is 14.9. The molecule has 0 saturated carbocycles. The molecule has 26 heavy (non-hydrogen) atoms. The van der Waals surface area contributed by atoms with E-state index in [1.165, 1.54) is 23.5 Å². The fourth-order valence-corrected chi connectivity index (χ4v) is 3.55. The van der Waals surface area contributed by atoms with E-state index in [-0.39, 0.29) is 5.82 Å². The van der Waals surface area contributed by atoms with Crippen molar-refractivity contribution in [1.29, 1.82) is 0 Å². The van der Waals surface area contributed by atoms with Gasteiger partial charge in [0, 0.05) is 19.4 Å². The number of hydrogen-bond donors (Lipinski definition) is 2. The van der Waals surface area contributed by atoms with E-state index in [4.69, 9.17) is 0 Å². The molecule has 4 rings (SSSR count). The molecule has 0 spiro atoms. The van der Waals surface area contributed by atoms with Crippen molar-refractivity contribution in [2.75, 3.05) is 11.9 Å². The van der Waals surface area contributed by atoms with Gasteiger partial charge in [0.2, 0.25) is 5.13 Å². The quantitative estimate of drug-likeness (QED) is 0.481. The molecule has 0 unspecified atom stereocenters. The van der Waals surface area contributed by atoms with E-state index in [9.17, 15) is 4.39 Å². The number of fused-ring (bicyclic) bond motifs is 1. The molecule has 5 nitrogen and oxygen atoms in total. The number of rotatable bonds is 7. The summed E-state index contributed by atoms with van der Waals surface area (Å²) in [5.74, 6) is 0.778. The van der Waals surface area contributed by atoms with Gasteiger partial charge in [-0.1, -0.05) is 35.6 Å². The standard InChI is InChI=1S/C19H18FN5S/c20-14-9-7-13(8-10-14)12-18-24-25-19(26-18)21-11-3-6-17-22-15-4-1-2-5-16(15)23-17/h1-2,4-5,7-10H,3,6,11-12H2,(H,21,25)(H,22,23). The number of benzene rings is 2. The molecule has 0 aliphatic rings. The number of aromatic nitrogens is 4. The van der Waals surface area contributed by atoms with Crippen molar-refractivity contribution >= 4 is 27.5 Å². The van der Waals surface area contributed by atoms with Crippen LogP contribution in [0, 0.1) is 5.82 Å². The van der Waals surface area contributed by atoms with Crippen LogP contribution in [0.3, 0.4) is 0 Å². The third-order valence-corrected chi connectivity index (χ3v) is 4.92. The van der Waals surface area contributed by atoms with Gasteiger partial charge in [-0.2, -0.15) is 0 Å². The summed E-state index contributed by atoms with van der Waals surface area (Å²) < 4.78 is 12.9. The molecular weight excluding hydrogens is 349 g/mol. The van der Waals surface area contributed by atoms with Gasteiger partial charge < -0.3 is 10.3 Å². The Morgan fingerprint density at radius 2 is 1.88 bits per heavy atom. The first kappa shape index (κ1) is 16.7. The summed E-state index contributed by atoms with van der Waals surface area (Å²) in [6.45, 7) is 0.808. The highest BCUT2D eigenvalue weighted by Crippen LogP contribution is 2.19. The zero-order valence-electron chi connectivity index (χ0n) is 14.1. The molecule has 0 fully saturated rings. The second-order valence-electron chi connectivity index (χ2n) is 6.04. The van der Waals surface area contributed by atoms with Gasteiger partial charge in [0.15, 0.2) is 0 Å². The first-order chi connectivity index (χ1) is 12.8. The maximum absolute atomic E-state index is 12.9. The minimum atomic E-state index is -0.224. The SMILES string of the molecule is Fc1ccc(Cc2nnc(NCCCc3nc4ccccc4[nH]3)s2)cc1. The summed E-state index contributed by atoms with van der Waals surface area (Å²) in [4.78, 5) is 7.92. The Labute approximate surface area is 154 Å². The maximum atomic E-state index is 12.9. The number of aromatic amines is 1. The topological polar surface area (TPSA) is 66.5 Å². The van der Waals surface area contributed by atoms with Crippen LogP contribution in [0.25, 0.3) is 11.0 Å². The van der Waals surface area contributed by atoms with Gasteiger partial charge in [-0.25, -0.2) is 9.37 Å². The van der Waals surface area contributed by atoms with Crippen LogP contribution in [0.5, 0.6) is 0 Å². The van der Waals surface area contributed by atoms with Crippen molar-refractivity contribution < 1.29 is 4.39 Å². The first-order valence-electron chi connectivity index (χ1n) is 8.50. The molecule has 0 aliphatic heterocycles. The van der Waals surface area contributed by atoms with Crippen molar-refractivity contribution in [1.82, 2.24) is 20.2 Å². The predicted octanol–water partition coefficient (Wildman–Crippen LogP) is 4.19. The Kier molecular flexibility index (Phi) is 4.88. The highest BCUT2D eigenvalue weighted by Gasteiger charge is 2.06. The molecule has 0 radical (unpaired) electrons. The van der Waals surface area contributed by atoms with Crippen LogP contribution in [-0.4, -0.2) is 26.7 Å². The van der Waals surface area contributed by atoms with E-state index >= 15 is 0 Å². The monoisotopic (exact) mass is 367 g/mol. The van der Waals surface area contributed by atoms with E-state index in [1.807, 2.05) is 24.3 Å². The second-order valence-corrected chi connectivity index (χ2v) is 7.10. The van der Waals surface area contributed by atoms with Crippen LogP contribution in [0.4, 0.5) is 9.52 Å². The van der Waals surface area contributed by atoms with Crippen LogP contribution in [-0.2, 0) is 12.8 Å². The number of para-hydroxylation sites is 2. The van der Waals surface area contributed by atoms with Gasteiger partial charge in [0.05, 0.1) is 11.0 Å². The molecule has 4 aromatic rings. The van der Waals surface area contributed by atoms with Gasteiger partial charge in [-0.15, -0.1) is 10.2 Å². The molecule has 0 atom stereocenters. The number of halogens is 1. The molecule has 2 aromatic heterocycles. The number of nitrogens with one attached hydrogen (secondary N) is 2. The van der Waals surface area contributed by atoms with Gasteiger partial charge in [-0.05, 0) is 36.2 Å². The van der Waals surface area contributed by atoms with Crippen molar-refractivity contribution in [3.05, 3.63) is 70.7 Å². The average Bonchev–Trinajstić information content (AvgIpc) is 3.27. The van der Waals surface area contributed by atoms with Crippen LogP contribution in [0.2, 0.25) is 0 Å². The maximum Gasteiger partial charge on any atom is 0.205 e. The smallest absolute Gasteiger partial charge is 0.205 e. The molecular formula is C19H18FN5S. The van der Waals surface area contributed by atoms with E-state index < -0.39 is 0 Å². The lowest BCUT2D eigenvalue weighted by Gasteiger charge is -2.00. The Bertz CT molecular complexity index is 960. The first-order valence-corrected chi connectivity index (χ1v) is 9.32. The van der Waals surface area contributed by atoms with Gasteiger partial charge >= 0.3 is 0 Å². The predicted molar refractivity (Wildman–Crippen MR) is 102 cm³/mol. The largest absolute Gasteiger partial charge is 0.360 e. The zero-order chi connectivity index (χ0) is 17.8. The number of H-pyrrole nitrogens is 1. The molecule has 2 heterocycles. The Hall–Kier alpha value is -2.80. The minimum absolute atomic E-state index is 0.224. The highest BCUT2D eigenvalue weighted by molar-refractivity contribution is 7.15. The van der Waals surface area contributed by atoms with Gasteiger partial charge in [0.25, 0.3) is 0 Å². The summed E-state index contributed by atoms with van der Waals surface area (Å²) in [6, 6.07) is 14.5. The van der Waals surface area contributed by atoms with Crippen LogP contribution in [0.15, 0.2) is 48.5 Å². The summed E-state index contributed by atoms with van der Waals surface area (Å²) in [5, 5.41) is 13.4. The molecule has 0 bridgehead atoms. The molecule has 7 heteroatoms. The van der Waals surface area contributed by atoms with E-state index in [1.54, 1.807) is 12.1 Å². The molecule has 0 amide bonds. The normalized spacial score (nSPS) is 11.1. The van der Waals surface area contributed by atoms with Gasteiger partial charge in [0.1, 0.15) is 16.6 Å². The lowest BCUT2D eigenvalue weighted by molar-refractivity contribution is 0.627. The number of hydrogen-bond acceptors (Lipinski definition) is 5. The fraction of sp³-hybridized carbons (Fsp3) is 0.211. The lowest BCUT2D eigenvalue weighted by atomic mass is 10.2. The number of nitrogens with zero attached hydrogens (tertiary/aromatic N) is 3. The summed E-state index contributed by atoms with van der Waals surface area (Å²) in [7, 11) is 0. The molecule has 0 saturated heterocycles. The molecule has 2 N–H and O–H groups in total. The van der Waals surface area contributed by atoms with Crippen LogP contribution < -0.4 is 5.32 Å². The van der Waals surface area contributed by atoms with Crippen molar-refractivity contribution in [3.8, 4) is 0 Å². The Balaban J connectivity index is 1.26. The van der Waals surface area contributed by atoms with Crippen LogP contribution >= 0.6 is 11.3 Å². The summed E-state index contributed by atoms with van der Waals surface area (Å²) in [5.41, 5.74) is 3.11. The lowest BCUT2D eigenvalue weighted by Crippen LogP contribution is -2.03. The number of anilines is 1.